The molecule has 0 saturated heterocycles. The normalized spacial score (nSPS) is 14.1. The number of nitrogens with one attached hydrogen (secondary N) is 1. The predicted octanol–water partition coefficient (Wildman–Crippen LogP) is 15.2. The number of aliphatic hydroxyl groups excluding tert-OH is 4. The molecule has 5 N–H and O–H groups in total. The zero-order chi connectivity index (χ0) is 44.5. The van der Waals surface area contributed by atoms with Crippen molar-refractivity contribution in [3.05, 3.63) is 36.5 Å². The molecular formula is C55H105NO5. The van der Waals surface area contributed by atoms with Gasteiger partial charge in [-0.05, 0) is 57.8 Å². The Balaban J connectivity index is 3.58. The minimum absolute atomic E-state index is 0.362. The number of hydrogen-bond donors (Lipinski definition) is 5. The van der Waals surface area contributed by atoms with Crippen molar-refractivity contribution in [2.45, 2.75) is 301 Å². The van der Waals surface area contributed by atoms with E-state index < -0.39 is 36.9 Å². The molecule has 0 fully saturated rings. The number of unbranched alkanes of at least 4 members (excludes halogenated alkanes) is 34. The summed E-state index contributed by atoms with van der Waals surface area (Å²) in [6.45, 7) is 3.99. The highest BCUT2D eigenvalue weighted by Crippen LogP contribution is 2.18. The van der Waals surface area contributed by atoms with Crippen molar-refractivity contribution in [3.8, 4) is 0 Å². The second-order valence-electron chi connectivity index (χ2n) is 18.6. The first-order chi connectivity index (χ1) is 30.0. The van der Waals surface area contributed by atoms with E-state index in [9.17, 15) is 25.2 Å². The van der Waals surface area contributed by atoms with Gasteiger partial charge in [0.2, 0.25) is 5.91 Å². The minimum atomic E-state index is -1.29. The summed E-state index contributed by atoms with van der Waals surface area (Å²) in [6.07, 6.45) is 60.8. The van der Waals surface area contributed by atoms with Crippen LogP contribution in [-0.4, -0.2) is 57.3 Å². The number of carbonyl (C=O) groups excluding carboxylic acids is 1. The first-order valence-corrected chi connectivity index (χ1v) is 26.9. The summed E-state index contributed by atoms with van der Waals surface area (Å²) in [5, 5.41) is 43.8. The highest BCUT2D eigenvalue weighted by atomic mass is 16.3. The Morgan fingerprint density at radius 1 is 0.393 bits per heavy atom. The fraction of sp³-hybridized carbons (Fsp3) is 0.873. The van der Waals surface area contributed by atoms with Crippen molar-refractivity contribution in [2.75, 3.05) is 6.61 Å². The number of carbonyl (C=O) groups is 1. The molecule has 4 unspecified atom stereocenters. The van der Waals surface area contributed by atoms with E-state index in [4.69, 9.17) is 0 Å². The first-order valence-electron chi connectivity index (χ1n) is 26.9. The number of amides is 1. The van der Waals surface area contributed by atoms with Gasteiger partial charge in [0.25, 0.3) is 0 Å². The van der Waals surface area contributed by atoms with Crippen molar-refractivity contribution in [3.63, 3.8) is 0 Å². The van der Waals surface area contributed by atoms with Crippen LogP contribution in [0.25, 0.3) is 0 Å². The smallest absolute Gasteiger partial charge is 0.249 e. The molecule has 0 saturated carbocycles. The van der Waals surface area contributed by atoms with E-state index in [1.165, 1.54) is 186 Å². The Morgan fingerprint density at radius 2 is 0.705 bits per heavy atom. The van der Waals surface area contributed by atoms with Gasteiger partial charge in [-0.15, -0.1) is 0 Å². The molecule has 0 aromatic rings. The molecule has 61 heavy (non-hydrogen) atoms. The number of allylic oxidation sites excluding steroid dienone is 6. The minimum Gasteiger partial charge on any atom is -0.394 e. The number of rotatable bonds is 49. The lowest BCUT2D eigenvalue weighted by atomic mass is 10.00. The van der Waals surface area contributed by atoms with Crippen LogP contribution in [0.1, 0.15) is 277 Å². The molecule has 1 amide bonds. The molecule has 6 heteroatoms. The molecule has 0 aromatic heterocycles. The fourth-order valence-corrected chi connectivity index (χ4v) is 8.33. The molecule has 6 nitrogen and oxygen atoms in total. The van der Waals surface area contributed by atoms with Gasteiger partial charge < -0.3 is 25.7 Å². The third-order valence-electron chi connectivity index (χ3n) is 12.5. The van der Waals surface area contributed by atoms with Crippen molar-refractivity contribution < 1.29 is 25.2 Å². The van der Waals surface area contributed by atoms with E-state index in [-0.39, 0.29) is 0 Å². The van der Waals surface area contributed by atoms with E-state index in [1.54, 1.807) is 0 Å². The lowest BCUT2D eigenvalue weighted by molar-refractivity contribution is -0.132. The van der Waals surface area contributed by atoms with Crippen LogP contribution in [0.4, 0.5) is 0 Å². The molecule has 0 aliphatic carbocycles. The molecule has 0 heterocycles. The van der Waals surface area contributed by atoms with Crippen LogP contribution in [0.3, 0.4) is 0 Å². The summed E-state index contributed by atoms with van der Waals surface area (Å²) in [5.74, 6) is -0.596. The SMILES string of the molecule is CCC/C=C/CC/C=C/CC/C=C/CCCC(O)C(O)C(CO)NC(=O)C(O)CCCCCCCCCCCCCCCCCCCCCCCCCCCCCCCCC. The molecule has 0 aliphatic heterocycles. The maximum Gasteiger partial charge on any atom is 0.249 e. The van der Waals surface area contributed by atoms with Crippen molar-refractivity contribution in [1.29, 1.82) is 0 Å². The zero-order valence-electron chi connectivity index (χ0n) is 40.7. The molecule has 0 spiro atoms. The van der Waals surface area contributed by atoms with Gasteiger partial charge in [-0.3, -0.25) is 4.79 Å². The average Bonchev–Trinajstić information content (AvgIpc) is 3.26. The molecular weight excluding hydrogens is 755 g/mol. The van der Waals surface area contributed by atoms with E-state index in [0.29, 0.717) is 19.3 Å². The summed E-state index contributed by atoms with van der Waals surface area (Å²) in [4.78, 5) is 12.6. The van der Waals surface area contributed by atoms with Gasteiger partial charge in [0.05, 0.1) is 18.8 Å². The zero-order valence-corrected chi connectivity index (χ0v) is 40.7. The summed E-state index contributed by atoms with van der Waals surface area (Å²) in [7, 11) is 0. The van der Waals surface area contributed by atoms with Crippen molar-refractivity contribution in [1.82, 2.24) is 5.32 Å². The van der Waals surface area contributed by atoms with Gasteiger partial charge >= 0.3 is 0 Å². The number of hydrogen-bond acceptors (Lipinski definition) is 5. The van der Waals surface area contributed by atoms with Crippen LogP contribution in [0.2, 0.25) is 0 Å². The van der Waals surface area contributed by atoms with Crippen molar-refractivity contribution in [2.24, 2.45) is 0 Å². The molecule has 0 radical (unpaired) electrons. The van der Waals surface area contributed by atoms with Gasteiger partial charge in [0.15, 0.2) is 0 Å². The summed E-state index contributed by atoms with van der Waals surface area (Å²) in [5.41, 5.74) is 0. The van der Waals surface area contributed by atoms with E-state index >= 15 is 0 Å². The van der Waals surface area contributed by atoms with Crippen LogP contribution in [0.15, 0.2) is 36.5 Å². The Bertz CT molecular complexity index is 966. The Morgan fingerprint density at radius 3 is 1.03 bits per heavy atom. The van der Waals surface area contributed by atoms with E-state index in [2.05, 4.69) is 55.6 Å². The first kappa shape index (κ1) is 59.5. The van der Waals surface area contributed by atoms with Gasteiger partial charge in [0, 0.05) is 0 Å². The summed E-state index contributed by atoms with van der Waals surface area (Å²) >= 11 is 0. The molecule has 0 bridgehead atoms. The van der Waals surface area contributed by atoms with Crippen molar-refractivity contribution >= 4 is 5.91 Å². The molecule has 360 valence electrons. The molecule has 0 rings (SSSR count). The van der Waals surface area contributed by atoms with Crippen LogP contribution in [-0.2, 0) is 4.79 Å². The monoisotopic (exact) mass is 860 g/mol. The lowest BCUT2D eigenvalue weighted by Gasteiger charge is -2.27. The average molecular weight is 860 g/mol. The fourth-order valence-electron chi connectivity index (χ4n) is 8.33. The van der Waals surface area contributed by atoms with E-state index in [1.807, 2.05) is 0 Å². The predicted molar refractivity (Wildman–Crippen MR) is 265 cm³/mol. The topological polar surface area (TPSA) is 110 Å². The second kappa shape index (κ2) is 49.5. The highest BCUT2D eigenvalue weighted by Gasteiger charge is 2.28. The van der Waals surface area contributed by atoms with Gasteiger partial charge in [-0.2, -0.15) is 0 Å². The largest absolute Gasteiger partial charge is 0.394 e. The van der Waals surface area contributed by atoms with Crippen LogP contribution >= 0.6 is 0 Å². The maximum absolute atomic E-state index is 12.6. The summed E-state index contributed by atoms with van der Waals surface area (Å²) in [6, 6.07) is -1.01. The summed E-state index contributed by atoms with van der Waals surface area (Å²) < 4.78 is 0. The maximum atomic E-state index is 12.6. The van der Waals surface area contributed by atoms with Crippen LogP contribution in [0, 0.1) is 0 Å². The number of aliphatic hydroxyl groups is 4. The van der Waals surface area contributed by atoms with E-state index in [0.717, 1.165) is 57.8 Å². The quantitative estimate of drug-likeness (QED) is 0.0309. The third kappa shape index (κ3) is 43.6. The second-order valence-corrected chi connectivity index (χ2v) is 18.6. The highest BCUT2D eigenvalue weighted by molar-refractivity contribution is 5.80. The lowest BCUT2D eigenvalue weighted by Crippen LogP contribution is -2.53. The Kier molecular flexibility index (Phi) is 48.3. The molecule has 0 aliphatic rings. The molecule has 0 aromatic carbocycles. The standard InChI is InChI=1S/C55H105NO5/c1-3-5-7-9-11-13-15-17-19-20-21-22-23-24-25-26-27-28-29-30-31-32-33-34-35-37-39-41-43-45-47-49-53(59)55(61)56-51(50-57)54(60)52(58)48-46-44-42-40-38-36-18-16-14-12-10-8-6-4-2/h8,10,16,18,40,42,51-54,57-60H,3-7,9,11-15,17,19-39,41,43-50H2,1-2H3,(H,56,61)/b10-8+,18-16+,42-40+. The Hall–Kier alpha value is -1.47. The van der Waals surface area contributed by atoms with Crippen LogP contribution in [0.5, 0.6) is 0 Å². The Labute approximate surface area is 379 Å². The van der Waals surface area contributed by atoms with Crippen LogP contribution < -0.4 is 5.32 Å². The van der Waals surface area contributed by atoms with Gasteiger partial charge in [0.1, 0.15) is 12.2 Å². The van der Waals surface area contributed by atoms with Gasteiger partial charge in [-0.25, -0.2) is 0 Å². The van der Waals surface area contributed by atoms with Gasteiger partial charge in [-0.1, -0.05) is 256 Å². The molecule has 4 atom stereocenters. The third-order valence-corrected chi connectivity index (χ3v) is 12.5.